The molecule has 0 aliphatic heterocycles. The molecule has 0 aromatic carbocycles. The van der Waals surface area contributed by atoms with Crippen molar-refractivity contribution in [2.75, 3.05) is 32.9 Å². The monoisotopic (exact) mass is 250 g/mol. The van der Waals surface area contributed by atoms with Crippen molar-refractivity contribution < 1.29 is 8.42 Å². The van der Waals surface area contributed by atoms with E-state index in [9.17, 15) is 8.42 Å². The van der Waals surface area contributed by atoms with E-state index in [0.29, 0.717) is 12.6 Å². The summed E-state index contributed by atoms with van der Waals surface area (Å²) < 4.78 is 23.1. The van der Waals surface area contributed by atoms with Crippen LogP contribution in [-0.4, -0.2) is 57.5 Å². The van der Waals surface area contributed by atoms with Crippen LogP contribution in [0.15, 0.2) is 0 Å². The average molecular weight is 250 g/mol. The minimum atomic E-state index is -2.90. The summed E-state index contributed by atoms with van der Waals surface area (Å²) in [5, 5.41) is 2.97. The van der Waals surface area contributed by atoms with E-state index >= 15 is 0 Å². The van der Waals surface area contributed by atoms with Gasteiger partial charge in [-0.3, -0.25) is 0 Å². The third-order valence-electron chi connectivity index (χ3n) is 2.61. The fourth-order valence-corrected chi connectivity index (χ4v) is 2.11. The Kier molecular flexibility index (Phi) is 7.19. The van der Waals surface area contributed by atoms with Crippen molar-refractivity contribution in [1.29, 1.82) is 0 Å². The first kappa shape index (κ1) is 15.9. The summed E-state index contributed by atoms with van der Waals surface area (Å²) in [7, 11) is 1.18. The number of rotatable bonds is 8. The number of nitrogens with one attached hydrogen (secondary N) is 1. The second-order valence-corrected chi connectivity index (χ2v) is 7.54. The highest BCUT2D eigenvalue weighted by atomic mass is 32.2. The van der Waals surface area contributed by atoms with Gasteiger partial charge < -0.3 is 10.2 Å². The molecule has 4 nitrogen and oxygen atoms in total. The zero-order valence-corrected chi connectivity index (χ0v) is 12.0. The Labute approximate surface area is 100 Å². The molecule has 1 unspecified atom stereocenters. The first-order valence-electron chi connectivity index (χ1n) is 5.85. The van der Waals surface area contributed by atoms with Crippen molar-refractivity contribution in [2.24, 2.45) is 0 Å². The van der Waals surface area contributed by atoms with Gasteiger partial charge in [0.05, 0.1) is 11.0 Å². The van der Waals surface area contributed by atoms with E-state index in [-0.39, 0.29) is 11.0 Å². The van der Waals surface area contributed by atoms with Crippen molar-refractivity contribution in [1.82, 2.24) is 10.2 Å². The summed E-state index contributed by atoms with van der Waals surface area (Å²) in [6, 6.07) is 0.366. The Morgan fingerprint density at radius 3 is 2.19 bits per heavy atom. The first-order valence-corrected chi connectivity index (χ1v) is 7.57. The van der Waals surface area contributed by atoms with Crippen LogP contribution in [0.3, 0.4) is 0 Å². The zero-order valence-electron chi connectivity index (χ0n) is 11.2. The average Bonchev–Trinajstić information content (AvgIpc) is 2.14. The summed E-state index contributed by atoms with van der Waals surface area (Å²) in [6.45, 7) is 7.11. The van der Waals surface area contributed by atoms with E-state index in [1.165, 1.54) is 0 Å². The topological polar surface area (TPSA) is 49.4 Å². The molecular weight excluding hydrogens is 224 g/mol. The maximum Gasteiger partial charge on any atom is 0.153 e. The number of hydrogen-bond donors (Lipinski definition) is 1. The van der Waals surface area contributed by atoms with Gasteiger partial charge in [0.1, 0.15) is 0 Å². The quantitative estimate of drug-likeness (QED) is 0.690. The molecule has 5 heteroatoms. The third kappa shape index (κ3) is 7.19. The fourth-order valence-electron chi connectivity index (χ4n) is 1.24. The van der Waals surface area contributed by atoms with E-state index in [1.54, 1.807) is 13.8 Å². The first-order chi connectivity index (χ1) is 7.25. The number of sulfone groups is 1. The SMILES string of the molecule is CC(CCN(C)C)NCCS(=O)(=O)C(C)C. The van der Waals surface area contributed by atoms with Crippen LogP contribution in [0.4, 0.5) is 0 Å². The van der Waals surface area contributed by atoms with Gasteiger partial charge in [-0.05, 0) is 47.8 Å². The number of nitrogens with zero attached hydrogens (tertiary/aromatic N) is 1. The largest absolute Gasteiger partial charge is 0.313 e. The molecule has 0 amide bonds. The van der Waals surface area contributed by atoms with Gasteiger partial charge in [-0.25, -0.2) is 8.42 Å². The van der Waals surface area contributed by atoms with Gasteiger partial charge in [0.25, 0.3) is 0 Å². The van der Waals surface area contributed by atoms with Gasteiger partial charge >= 0.3 is 0 Å². The maximum absolute atomic E-state index is 11.5. The van der Waals surface area contributed by atoms with Crippen LogP contribution in [0.25, 0.3) is 0 Å². The minimum Gasteiger partial charge on any atom is -0.313 e. The molecule has 0 aliphatic rings. The van der Waals surface area contributed by atoms with Crippen molar-refractivity contribution in [3.63, 3.8) is 0 Å². The third-order valence-corrected chi connectivity index (χ3v) is 4.82. The molecule has 0 saturated carbocycles. The van der Waals surface area contributed by atoms with E-state index in [4.69, 9.17) is 0 Å². The van der Waals surface area contributed by atoms with Gasteiger partial charge in [0.15, 0.2) is 9.84 Å². The lowest BCUT2D eigenvalue weighted by Gasteiger charge is -2.17. The fraction of sp³-hybridized carbons (Fsp3) is 1.00. The Morgan fingerprint density at radius 2 is 1.75 bits per heavy atom. The highest BCUT2D eigenvalue weighted by Gasteiger charge is 2.15. The summed E-state index contributed by atoms with van der Waals surface area (Å²) in [4.78, 5) is 2.13. The highest BCUT2D eigenvalue weighted by Crippen LogP contribution is 2.00. The van der Waals surface area contributed by atoms with Crippen LogP contribution in [0.5, 0.6) is 0 Å². The van der Waals surface area contributed by atoms with Gasteiger partial charge in [0, 0.05) is 12.6 Å². The van der Waals surface area contributed by atoms with Crippen LogP contribution in [0.2, 0.25) is 0 Å². The second-order valence-electron chi connectivity index (χ2n) is 4.86. The van der Waals surface area contributed by atoms with Gasteiger partial charge in [-0.1, -0.05) is 0 Å². The van der Waals surface area contributed by atoms with Crippen molar-refractivity contribution >= 4 is 9.84 Å². The van der Waals surface area contributed by atoms with Crippen molar-refractivity contribution in [3.8, 4) is 0 Å². The van der Waals surface area contributed by atoms with E-state index in [0.717, 1.165) is 13.0 Å². The van der Waals surface area contributed by atoms with Crippen LogP contribution >= 0.6 is 0 Å². The van der Waals surface area contributed by atoms with Crippen LogP contribution < -0.4 is 5.32 Å². The molecule has 16 heavy (non-hydrogen) atoms. The molecule has 0 radical (unpaired) electrons. The van der Waals surface area contributed by atoms with E-state index in [2.05, 4.69) is 17.1 Å². The predicted molar refractivity (Wildman–Crippen MR) is 69.6 cm³/mol. The molecule has 0 fully saturated rings. The van der Waals surface area contributed by atoms with E-state index < -0.39 is 9.84 Å². The summed E-state index contributed by atoms with van der Waals surface area (Å²) in [6.07, 6.45) is 1.04. The lowest BCUT2D eigenvalue weighted by molar-refractivity contribution is 0.368. The van der Waals surface area contributed by atoms with Gasteiger partial charge in [-0.2, -0.15) is 0 Å². The molecule has 98 valence electrons. The zero-order chi connectivity index (χ0) is 12.8. The van der Waals surface area contributed by atoms with Crippen LogP contribution in [0, 0.1) is 0 Å². The molecule has 0 rings (SSSR count). The molecule has 0 heterocycles. The number of hydrogen-bond acceptors (Lipinski definition) is 4. The standard InChI is InChI=1S/C11H26N2O2S/c1-10(2)16(14,15)9-7-12-11(3)6-8-13(4)5/h10-12H,6-9H2,1-5H3. The molecule has 0 saturated heterocycles. The van der Waals surface area contributed by atoms with Crippen molar-refractivity contribution in [3.05, 3.63) is 0 Å². The minimum absolute atomic E-state index is 0.233. The Balaban J connectivity index is 3.74. The predicted octanol–water partition coefficient (Wildman–Crippen LogP) is 0.739. The summed E-state index contributed by atoms with van der Waals surface area (Å²) in [5.74, 6) is 0.233. The molecule has 1 N–H and O–H groups in total. The Hall–Kier alpha value is -0.130. The smallest absolute Gasteiger partial charge is 0.153 e. The molecule has 0 aromatic heterocycles. The molecule has 0 bridgehead atoms. The molecule has 1 atom stereocenters. The maximum atomic E-state index is 11.5. The van der Waals surface area contributed by atoms with Crippen molar-refractivity contribution in [2.45, 2.75) is 38.5 Å². The Bertz CT molecular complexity index is 274. The van der Waals surface area contributed by atoms with Crippen LogP contribution in [-0.2, 0) is 9.84 Å². The van der Waals surface area contributed by atoms with Crippen LogP contribution in [0.1, 0.15) is 27.2 Å². The molecular formula is C11H26N2O2S. The normalized spacial score (nSPS) is 14.7. The highest BCUT2D eigenvalue weighted by molar-refractivity contribution is 7.92. The summed E-state index contributed by atoms with van der Waals surface area (Å²) in [5.41, 5.74) is 0. The second kappa shape index (κ2) is 7.25. The molecule has 0 aromatic rings. The van der Waals surface area contributed by atoms with Gasteiger partial charge in [0.2, 0.25) is 0 Å². The lowest BCUT2D eigenvalue weighted by Crippen LogP contribution is -2.34. The van der Waals surface area contributed by atoms with Gasteiger partial charge in [-0.15, -0.1) is 0 Å². The molecule has 0 spiro atoms. The lowest BCUT2D eigenvalue weighted by atomic mass is 10.2. The summed E-state index contributed by atoms with van der Waals surface area (Å²) >= 11 is 0. The Morgan fingerprint density at radius 1 is 1.19 bits per heavy atom. The molecule has 0 aliphatic carbocycles. The van der Waals surface area contributed by atoms with E-state index in [1.807, 2.05) is 14.1 Å².